The number of benzene rings is 1. The van der Waals surface area contributed by atoms with E-state index < -0.39 is 0 Å². The van der Waals surface area contributed by atoms with Crippen LogP contribution in [0.15, 0.2) is 16.6 Å². The SMILES string of the molecule is CCOC(=O)CC1CCc2c(C)cc(Br)cc21. The molecule has 0 aliphatic heterocycles. The molecule has 1 unspecified atom stereocenters. The summed E-state index contributed by atoms with van der Waals surface area (Å²) >= 11 is 3.52. The second-order valence-corrected chi connectivity index (χ2v) is 5.45. The predicted octanol–water partition coefficient (Wildman–Crippen LogP) is 3.74. The Bertz CT molecular complexity index is 440. The lowest BCUT2D eigenvalue weighted by atomic mass is 9.96. The van der Waals surface area contributed by atoms with E-state index in [1.165, 1.54) is 16.7 Å². The molecule has 0 saturated heterocycles. The molecule has 0 saturated carbocycles. The summed E-state index contributed by atoms with van der Waals surface area (Å²) in [6.07, 6.45) is 2.65. The summed E-state index contributed by atoms with van der Waals surface area (Å²) in [5.74, 6) is 0.253. The molecule has 1 aromatic carbocycles. The first-order valence-electron chi connectivity index (χ1n) is 6.06. The molecule has 1 atom stereocenters. The molecule has 3 heteroatoms. The Morgan fingerprint density at radius 2 is 2.29 bits per heavy atom. The Labute approximate surface area is 110 Å². The molecule has 0 heterocycles. The summed E-state index contributed by atoms with van der Waals surface area (Å²) < 4.78 is 6.13. The molecule has 0 amide bonds. The van der Waals surface area contributed by atoms with Crippen LogP contribution in [-0.4, -0.2) is 12.6 Å². The van der Waals surface area contributed by atoms with Gasteiger partial charge in [-0.05, 0) is 61.4 Å². The minimum atomic E-state index is -0.0806. The van der Waals surface area contributed by atoms with Gasteiger partial charge in [0, 0.05) is 4.47 Å². The van der Waals surface area contributed by atoms with Crippen LogP contribution in [0.5, 0.6) is 0 Å². The van der Waals surface area contributed by atoms with Gasteiger partial charge < -0.3 is 4.74 Å². The van der Waals surface area contributed by atoms with Gasteiger partial charge in [0.15, 0.2) is 0 Å². The fourth-order valence-electron chi connectivity index (χ4n) is 2.61. The van der Waals surface area contributed by atoms with Crippen LogP contribution >= 0.6 is 15.9 Å². The quantitative estimate of drug-likeness (QED) is 0.794. The van der Waals surface area contributed by atoms with E-state index in [1.807, 2.05) is 6.92 Å². The molecule has 2 nitrogen and oxygen atoms in total. The van der Waals surface area contributed by atoms with Crippen molar-refractivity contribution in [1.82, 2.24) is 0 Å². The minimum Gasteiger partial charge on any atom is -0.466 e. The third kappa shape index (κ3) is 2.71. The minimum absolute atomic E-state index is 0.0806. The highest BCUT2D eigenvalue weighted by molar-refractivity contribution is 9.10. The summed E-state index contributed by atoms with van der Waals surface area (Å²) in [5.41, 5.74) is 4.06. The van der Waals surface area contributed by atoms with Crippen LogP contribution < -0.4 is 0 Å². The maximum atomic E-state index is 11.5. The Morgan fingerprint density at radius 3 is 3.00 bits per heavy atom. The van der Waals surface area contributed by atoms with Crippen molar-refractivity contribution >= 4 is 21.9 Å². The van der Waals surface area contributed by atoms with Crippen LogP contribution in [0.2, 0.25) is 0 Å². The van der Waals surface area contributed by atoms with Gasteiger partial charge >= 0.3 is 5.97 Å². The van der Waals surface area contributed by atoms with Crippen molar-refractivity contribution in [3.8, 4) is 0 Å². The van der Waals surface area contributed by atoms with Crippen molar-refractivity contribution in [1.29, 1.82) is 0 Å². The molecule has 0 aromatic heterocycles. The van der Waals surface area contributed by atoms with Crippen molar-refractivity contribution in [2.45, 2.75) is 39.0 Å². The van der Waals surface area contributed by atoms with Crippen LogP contribution in [0, 0.1) is 6.92 Å². The molecular weight excluding hydrogens is 280 g/mol. The normalized spacial score (nSPS) is 17.9. The highest BCUT2D eigenvalue weighted by Gasteiger charge is 2.26. The van der Waals surface area contributed by atoms with E-state index >= 15 is 0 Å². The first kappa shape index (κ1) is 12.6. The number of aryl methyl sites for hydroxylation is 1. The van der Waals surface area contributed by atoms with E-state index in [4.69, 9.17) is 4.74 Å². The fourth-order valence-corrected chi connectivity index (χ4v) is 3.20. The number of halogens is 1. The van der Waals surface area contributed by atoms with E-state index in [-0.39, 0.29) is 5.97 Å². The van der Waals surface area contributed by atoms with E-state index in [0.29, 0.717) is 18.9 Å². The average Bonchev–Trinajstić information content (AvgIpc) is 2.62. The zero-order chi connectivity index (χ0) is 12.4. The van der Waals surface area contributed by atoms with Crippen LogP contribution in [0.4, 0.5) is 0 Å². The van der Waals surface area contributed by atoms with Gasteiger partial charge in [-0.2, -0.15) is 0 Å². The van der Waals surface area contributed by atoms with Crippen molar-refractivity contribution in [2.24, 2.45) is 0 Å². The smallest absolute Gasteiger partial charge is 0.306 e. The lowest BCUT2D eigenvalue weighted by molar-refractivity contribution is -0.143. The Balaban J connectivity index is 2.19. The topological polar surface area (TPSA) is 26.3 Å². The lowest BCUT2D eigenvalue weighted by Gasteiger charge is -2.12. The number of carbonyl (C=O) groups excluding carboxylic acids is 1. The Hall–Kier alpha value is -0.830. The van der Waals surface area contributed by atoms with E-state index in [0.717, 1.165) is 17.3 Å². The van der Waals surface area contributed by atoms with E-state index in [1.54, 1.807) is 0 Å². The second kappa shape index (κ2) is 5.21. The number of ether oxygens (including phenoxy) is 1. The molecule has 0 N–H and O–H groups in total. The van der Waals surface area contributed by atoms with Gasteiger partial charge in [0.25, 0.3) is 0 Å². The Morgan fingerprint density at radius 1 is 1.53 bits per heavy atom. The van der Waals surface area contributed by atoms with Crippen molar-refractivity contribution in [3.63, 3.8) is 0 Å². The first-order chi connectivity index (χ1) is 8.11. The monoisotopic (exact) mass is 296 g/mol. The van der Waals surface area contributed by atoms with Gasteiger partial charge in [-0.15, -0.1) is 0 Å². The summed E-state index contributed by atoms with van der Waals surface area (Å²) in [5, 5.41) is 0. The van der Waals surface area contributed by atoms with Crippen LogP contribution in [0.1, 0.15) is 42.4 Å². The number of fused-ring (bicyclic) bond motifs is 1. The molecule has 17 heavy (non-hydrogen) atoms. The molecule has 2 rings (SSSR count). The van der Waals surface area contributed by atoms with E-state index in [2.05, 4.69) is 35.0 Å². The molecule has 1 aliphatic carbocycles. The van der Waals surface area contributed by atoms with Crippen LogP contribution in [0.25, 0.3) is 0 Å². The standard InChI is InChI=1S/C14H17BrO2/c1-3-17-14(16)7-10-4-5-12-9(2)6-11(15)8-13(10)12/h6,8,10H,3-5,7H2,1-2H3. The molecular formula is C14H17BrO2. The van der Waals surface area contributed by atoms with Crippen molar-refractivity contribution in [2.75, 3.05) is 6.61 Å². The maximum absolute atomic E-state index is 11.5. The van der Waals surface area contributed by atoms with Crippen molar-refractivity contribution in [3.05, 3.63) is 33.3 Å². The van der Waals surface area contributed by atoms with Gasteiger partial charge in [-0.25, -0.2) is 0 Å². The lowest BCUT2D eigenvalue weighted by Crippen LogP contribution is -2.08. The molecule has 0 radical (unpaired) electrons. The predicted molar refractivity (Wildman–Crippen MR) is 71.2 cm³/mol. The van der Waals surface area contributed by atoms with Crippen LogP contribution in [0.3, 0.4) is 0 Å². The zero-order valence-corrected chi connectivity index (χ0v) is 11.8. The zero-order valence-electron chi connectivity index (χ0n) is 10.3. The summed E-state index contributed by atoms with van der Waals surface area (Å²) in [6, 6.07) is 4.30. The number of hydrogen-bond donors (Lipinski definition) is 0. The van der Waals surface area contributed by atoms with E-state index in [9.17, 15) is 4.79 Å². The average molecular weight is 297 g/mol. The largest absolute Gasteiger partial charge is 0.466 e. The molecule has 92 valence electrons. The summed E-state index contributed by atoms with van der Waals surface area (Å²) in [4.78, 5) is 11.5. The summed E-state index contributed by atoms with van der Waals surface area (Å²) in [6.45, 7) is 4.45. The van der Waals surface area contributed by atoms with Crippen molar-refractivity contribution < 1.29 is 9.53 Å². The maximum Gasteiger partial charge on any atom is 0.306 e. The number of rotatable bonds is 3. The van der Waals surface area contributed by atoms with Gasteiger partial charge in [-0.3, -0.25) is 4.79 Å². The highest BCUT2D eigenvalue weighted by atomic mass is 79.9. The molecule has 0 spiro atoms. The number of carbonyl (C=O) groups is 1. The van der Waals surface area contributed by atoms with Gasteiger partial charge in [0.2, 0.25) is 0 Å². The summed E-state index contributed by atoms with van der Waals surface area (Å²) in [7, 11) is 0. The third-order valence-electron chi connectivity index (χ3n) is 3.37. The Kier molecular flexibility index (Phi) is 3.87. The molecule has 0 bridgehead atoms. The second-order valence-electron chi connectivity index (χ2n) is 4.54. The fraction of sp³-hybridized carbons (Fsp3) is 0.500. The highest BCUT2D eigenvalue weighted by Crippen LogP contribution is 2.39. The molecule has 0 fully saturated rings. The van der Waals surface area contributed by atoms with Gasteiger partial charge in [0.1, 0.15) is 0 Å². The first-order valence-corrected chi connectivity index (χ1v) is 6.85. The number of esters is 1. The third-order valence-corrected chi connectivity index (χ3v) is 3.83. The van der Waals surface area contributed by atoms with Gasteiger partial charge in [0.05, 0.1) is 13.0 Å². The molecule has 1 aliphatic rings. The number of hydrogen-bond acceptors (Lipinski definition) is 2. The van der Waals surface area contributed by atoms with Gasteiger partial charge in [-0.1, -0.05) is 15.9 Å². The molecule has 1 aromatic rings. The van der Waals surface area contributed by atoms with Crippen LogP contribution in [-0.2, 0) is 16.0 Å².